The van der Waals surface area contributed by atoms with Crippen LogP contribution in [0.3, 0.4) is 0 Å². The number of hydrogen-bond acceptors (Lipinski definition) is 6. The maximum atomic E-state index is 14.6. The molecule has 2 aromatic carbocycles. The minimum Gasteiger partial charge on any atom is -0.508 e. The van der Waals surface area contributed by atoms with Crippen LogP contribution in [0.1, 0.15) is 46.6 Å². The molecule has 208 valence electrons. The number of pyridine rings is 1. The molecule has 1 aliphatic rings. The summed E-state index contributed by atoms with van der Waals surface area (Å²) < 4.78 is 49.0. The summed E-state index contributed by atoms with van der Waals surface area (Å²) in [4.78, 5) is 7.01. The van der Waals surface area contributed by atoms with Crippen molar-refractivity contribution in [3.8, 4) is 22.8 Å². The molecule has 1 atom stereocenters. The lowest BCUT2D eigenvalue weighted by Crippen LogP contribution is -2.39. The van der Waals surface area contributed by atoms with E-state index in [9.17, 15) is 17.9 Å². The summed E-state index contributed by atoms with van der Waals surface area (Å²) >= 11 is 0. The van der Waals surface area contributed by atoms with Gasteiger partial charge < -0.3 is 14.7 Å². The monoisotopic (exact) mass is 553 g/mol. The first-order valence-corrected chi connectivity index (χ1v) is 14.5. The predicted octanol–water partition coefficient (Wildman–Crippen LogP) is 6.20. The zero-order valence-electron chi connectivity index (χ0n) is 23.0. The van der Waals surface area contributed by atoms with Crippen LogP contribution in [-0.4, -0.2) is 37.2 Å². The number of aromatic nitrogens is 1. The van der Waals surface area contributed by atoms with Crippen molar-refractivity contribution in [2.24, 2.45) is 11.8 Å². The largest absolute Gasteiger partial charge is 0.508 e. The molecule has 0 aliphatic carbocycles. The molecule has 0 amide bonds. The van der Waals surface area contributed by atoms with Crippen molar-refractivity contribution in [3.05, 3.63) is 72.6 Å². The van der Waals surface area contributed by atoms with Crippen LogP contribution >= 0.6 is 0 Å². The minimum atomic E-state index is -4.02. The van der Waals surface area contributed by atoms with E-state index in [1.807, 2.05) is 13.8 Å². The first kappa shape index (κ1) is 28.4. The summed E-state index contributed by atoms with van der Waals surface area (Å²) in [6, 6.07) is 13.4. The van der Waals surface area contributed by atoms with Crippen LogP contribution in [0.15, 0.2) is 66.1 Å². The minimum absolute atomic E-state index is 0.0846. The molecule has 1 aromatic heterocycles. The normalized spacial score (nSPS) is 16.9. The van der Waals surface area contributed by atoms with Crippen LogP contribution in [0.5, 0.6) is 11.5 Å². The van der Waals surface area contributed by atoms with E-state index in [4.69, 9.17) is 9.72 Å². The van der Waals surface area contributed by atoms with Gasteiger partial charge in [-0.15, -0.1) is 0 Å². The standard InChI is InChI=1S/C30H36FN3O4S/c1-19(2)18-38-25-13-22(12-23(31)14-25)28-11-10-27(29(32-28)34-17-20(3)16-30(34,5)6)21(4)33-39(36,37)26-9-7-8-24(35)15-26/h7-15,19-20,33,35H,4,16-18H2,1-3,5-6H3. The van der Waals surface area contributed by atoms with Gasteiger partial charge in [-0.3, -0.25) is 4.72 Å². The van der Waals surface area contributed by atoms with E-state index in [2.05, 4.69) is 37.0 Å². The molecule has 2 heterocycles. The molecule has 3 aromatic rings. The molecule has 39 heavy (non-hydrogen) atoms. The van der Waals surface area contributed by atoms with Gasteiger partial charge in [0.25, 0.3) is 10.0 Å². The zero-order valence-corrected chi connectivity index (χ0v) is 23.8. The van der Waals surface area contributed by atoms with E-state index >= 15 is 0 Å². The fourth-order valence-corrected chi connectivity index (χ4v) is 6.08. The quantitative estimate of drug-likeness (QED) is 0.328. The van der Waals surface area contributed by atoms with Gasteiger partial charge in [0, 0.05) is 35.3 Å². The molecule has 7 nitrogen and oxygen atoms in total. The second kappa shape index (κ2) is 10.9. The van der Waals surface area contributed by atoms with Gasteiger partial charge in [0.1, 0.15) is 23.1 Å². The van der Waals surface area contributed by atoms with Gasteiger partial charge in [-0.1, -0.05) is 33.4 Å². The van der Waals surface area contributed by atoms with Crippen LogP contribution < -0.4 is 14.4 Å². The van der Waals surface area contributed by atoms with Crippen LogP contribution in [0.4, 0.5) is 10.2 Å². The summed E-state index contributed by atoms with van der Waals surface area (Å²) in [5.41, 5.74) is 1.48. The second-order valence-electron chi connectivity index (χ2n) is 11.3. The highest BCUT2D eigenvalue weighted by atomic mass is 32.2. The zero-order chi connectivity index (χ0) is 28.5. The Labute approximate surface area is 230 Å². The fraction of sp³-hybridized carbons (Fsp3) is 0.367. The Balaban J connectivity index is 1.76. The molecule has 0 saturated carbocycles. The lowest BCUT2D eigenvalue weighted by atomic mass is 9.97. The third kappa shape index (κ3) is 6.53. The summed E-state index contributed by atoms with van der Waals surface area (Å²) in [6.45, 7) is 15.6. The van der Waals surface area contributed by atoms with Crippen molar-refractivity contribution < 1.29 is 22.7 Å². The summed E-state index contributed by atoms with van der Waals surface area (Å²) in [5.74, 6) is 1.06. The third-order valence-corrected chi connectivity index (χ3v) is 8.05. The smallest absolute Gasteiger partial charge is 0.262 e. The molecular formula is C30H36FN3O4S. The number of ether oxygens (including phenoxy) is 1. The maximum absolute atomic E-state index is 14.6. The van der Waals surface area contributed by atoms with Crippen LogP contribution in [0.25, 0.3) is 17.0 Å². The lowest BCUT2D eigenvalue weighted by Gasteiger charge is -2.34. The number of halogens is 1. The predicted molar refractivity (Wildman–Crippen MR) is 153 cm³/mol. The van der Waals surface area contributed by atoms with E-state index in [0.717, 1.165) is 13.0 Å². The van der Waals surface area contributed by atoms with Crippen molar-refractivity contribution in [2.75, 3.05) is 18.1 Å². The number of nitrogens with one attached hydrogen (secondary N) is 1. The average molecular weight is 554 g/mol. The summed E-state index contributed by atoms with van der Waals surface area (Å²) in [6.07, 6.45) is 0.924. The average Bonchev–Trinajstić information content (AvgIpc) is 3.13. The van der Waals surface area contributed by atoms with E-state index in [1.165, 1.54) is 36.4 Å². The molecular weight excluding hydrogens is 517 g/mol. The van der Waals surface area contributed by atoms with E-state index in [0.29, 0.717) is 40.9 Å². The van der Waals surface area contributed by atoms with Crippen molar-refractivity contribution in [1.82, 2.24) is 9.71 Å². The van der Waals surface area contributed by atoms with Crippen molar-refractivity contribution >= 4 is 21.5 Å². The number of rotatable bonds is 9. The first-order valence-electron chi connectivity index (χ1n) is 13.0. The first-order chi connectivity index (χ1) is 18.2. The van der Waals surface area contributed by atoms with Crippen molar-refractivity contribution in [1.29, 1.82) is 0 Å². The lowest BCUT2D eigenvalue weighted by molar-refractivity contribution is 0.270. The summed E-state index contributed by atoms with van der Waals surface area (Å²) in [7, 11) is -4.02. The fourth-order valence-electron chi connectivity index (χ4n) is 4.99. The maximum Gasteiger partial charge on any atom is 0.262 e. The molecule has 2 N–H and O–H groups in total. The van der Waals surface area contributed by atoms with Gasteiger partial charge in [0.2, 0.25) is 0 Å². The Bertz CT molecular complexity index is 1490. The molecule has 9 heteroatoms. The number of phenols is 1. The van der Waals surface area contributed by atoms with Gasteiger partial charge in [-0.25, -0.2) is 17.8 Å². The summed E-state index contributed by atoms with van der Waals surface area (Å²) in [5, 5.41) is 9.77. The molecule has 0 radical (unpaired) electrons. The highest BCUT2D eigenvalue weighted by Crippen LogP contribution is 2.40. The van der Waals surface area contributed by atoms with Crippen molar-refractivity contribution in [3.63, 3.8) is 0 Å². The Morgan fingerprint density at radius 1 is 1.23 bits per heavy atom. The molecule has 1 fully saturated rings. The molecule has 1 saturated heterocycles. The number of benzene rings is 2. The molecule has 1 aliphatic heterocycles. The topological polar surface area (TPSA) is 91.8 Å². The van der Waals surface area contributed by atoms with Crippen LogP contribution in [0, 0.1) is 17.7 Å². The highest BCUT2D eigenvalue weighted by Gasteiger charge is 2.38. The number of aromatic hydroxyl groups is 1. The number of phenolic OH excluding ortho intramolecular Hbond substituents is 1. The Hall–Kier alpha value is -3.59. The van der Waals surface area contributed by atoms with Gasteiger partial charge >= 0.3 is 0 Å². The van der Waals surface area contributed by atoms with Crippen LogP contribution in [-0.2, 0) is 10.0 Å². The van der Waals surface area contributed by atoms with Gasteiger partial charge in [-0.2, -0.15) is 0 Å². The number of nitrogens with zero attached hydrogens (tertiary/aromatic N) is 2. The second-order valence-corrected chi connectivity index (χ2v) is 12.9. The third-order valence-electron chi connectivity index (χ3n) is 6.66. The van der Waals surface area contributed by atoms with E-state index in [1.54, 1.807) is 18.2 Å². The number of hydrogen-bond donors (Lipinski definition) is 2. The highest BCUT2D eigenvalue weighted by molar-refractivity contribution is 7.89. The van der Waals surface area contributed by atoms with Gasteiger partial charge in [-0.05, 0) is 68.5 Å². The molecule has 0 spiro atoms. The van der Waals surface area contributed by atoms with E-state index in [-0.39, 0.29) is 27.8 Å². The van der Waals surface area contributed by atoms with Crippen molar-refractivity contribution in [2.45, 2.75) is 51.5 Å². The van der Waals surface area contributed by atoms with E-state index < -0.39 is 15.8 Å². The Morgan fingerprint density at radius 3 is 2.62 bits per heavy atom. The molecule has 1 unspecified atom stereocenters. The molecule has 0 bridgehead atoms. The number of anilines is 1. The Kier molecular flexibility index (Phi) is 7.93. The van der Waals surface area contributed by atoms with Gasteiger partial charge in [0.05, 0.1) is 22.9 Å². The van der Waals surface area contributed by atoms with Gasteiger partial charge in [0.15, 0.2) is 0 Å². The van der Waals surface area contributed by atoms with Crippen LogP contribution in [0.2, 0.25) is 0 Å². The SMILES string of the molecule is C=C(NS(=O)(=O)c1cccc(O)c1)c1ccc(-c2cc(F)cc(OCC(C)C)c2)nc1N1CC(C)CC1(C)C. The number of sulfonamides is 1. The Morgan fingerprint density at radius 2 is 1.97 bits per heavy atom. The molecule has 4 rings (SSSR count).